The second-order valence-electron chi connectivity index (χ2n) is 2.34. The van der Waals surface area contributed by atoms with Crippen LogP contribution in [-0.4, -0.2) is 0 Å². The zero-order chi connectivity index (χ0) is 8.81. The molecule has 1 heterocycles. The van der Waals surface area contributed by atoms with Crippen LogP contribution in [0.4, 0.5) is 0 Å². The summed E-state index contributed by atoms with van der Waals surface area (Å²) < 4.78 is 2.06. The fraction of sp³-hybridized carbons (Fsp3) is 0.100. The van der Waals surface area contributed by atoms with Crippen LogP contribution in [0.5, 0.6) is 0 Å². The molecule has 0 radical (unpaired) electrons. The van der Waals surface area contributed by atoms with Crippen molar-refractivity contribution in [1.82, 2.24) is 0 Å². The first kappa shape index (κ1) is 9.01. The van der Waals surface area contributed by atoms with Gasteiger partial charge < -0.3 is 0 Å². The van der Waals surface area contributed by atoms with Gasteiger partial charge in [0.15, 0.2) is 12.7 Å². The van der Waals surface area contributed by atoms with Crippen molar-refractivity contribution in [3.63, 3.8) is 0 Å². The van der Waals surface area contributed by atoms with E-state index in [1.807, 2.05) is 36.5 Å². The van der Waals surface area contributed by atoms with E-state index in [0.717, 1.165) is 12.2 Å². The Balaban J connectivity index is 2.89. The van der Waals surface area contributed by atoms with Crippen molar-refractivity contribution in [1.29, 1.82) is 0 Å². The molecule has 0 saturated carbocycles. The Morgan fingerprint density at radius 1 is 1.50 bits per heavy atom. The minimum Gasteiger partial charge on any atom is -0.195 e. The van der Waals surface area contributed by atoms with E-state index in [1.165, 1.54) is 5.54 Å². The van der Waals surface area contributed by atoms with Crippen LogP contribution in [0.2, 0.25) is 0 Å². The molecule has 0 bridgehead atoms. The standard InChI is InChI=1S/C10H11ClN/c1-2-10-6-3-4-8-12(10)9-5-7-11/h2-8H,1,9H2/q+1/b7-5+. The van der Waals surface area contributed by atoms with Crippen LogP contribution in [0.25, 0.3) is 6.08 Å². The summed E-state index contributed by atoms with van der Waals surface area (Å²) in [6.45, 7) is 4.51. The van der Waals surface area contributed by atoms with Gasteiger partial charge in [0.05, 0.1) is 0 Å². The average Bonchev–Trinajstić information content (AvgIpc) is 2.15. The third kappa shape index (κ3) is 2.21. The van der Waals surface area contributed by atoms with Gasteiger partial charge in [-0.1, -0.05) is 18.2 Å². The Morgan fingerprint density at radius 3 is 3.00 bits per heavy atom. The predicted octanol–water partition coefficient (Wildman–Crippen LogP) is 2.37. The Labute approximate surface area is 77.6 Å². The first-order valence-corrected chi connectivity index (χ1v) is 4.18. The lowest BCUT2D eigenvalue weighted by molar-refractivity contribution is -0.688. The minimum atomic E-state index is 0.783. The summed E-state index contributed by atoms with van der Waals surface area (Å²) in [5.41, 5.74) is 2.61. The van der Waals surface area contributed by atoms with Crippen LogP contribution in [0.15, 0.2) is 42.6 Å². The van der Waals surface area contributed by atoms with Crippen molar-refractivity contribution in [2.45, 2.75) is 6.54 Å². The number of hydrogen-bond donors (Lipinski definition) is 0. The molecule has 0 amide bonds. The normalized spacial score (nSPS) is 10.4. The summed E-state index contributed by atoms with van der Waals surface area (Å²) in [4.78, 5) is 0. The molecular formula is C10H11ClN+. The molecule has 1 rings (SSSR count). The van der Waals surface area contributed by atoms with Gasteiger partial charge in [0, 0.05) is 23.7 Å². The van der Waals surface area contributed by atoms with Crippen LogP contribution < -0.4 is 4.57 Å². The predicted molar refractivity (Wildman–Crippen MR) is 51.7 cm³/mol. The molecule has 0 N–H and O–H groups in total. The molecule has 0 atom stereocenters. The minimum absolute atomic E-state index is 0.783. The number of nitrogens with zero attached hydrogens (tertiary/aromatic N) is 1. The second kappa shape index (κ2) is 4.73. The molecule has 62 valence electrons. The van der Waals surface area contributed by atoms with E-state index in [0.29, 0.717) is 0 Å². The number of aromatic nitrogens is 1. The molecule has 1 nitrogen and oxygen atoms in total. The monoisotopic (exact) mass is 180 g/mol. The molecule has 0 saturated heterocycles. The van der Waals surface area contributed by atoms with Gasteiger partial charge in [-0.15, -0.1) is 0 Å². The first-order chi connectivity index (χ1) is 5.88. The first-order valence-electron chi connectivity index (χ1n) is 3.74. The van der Waals surface area contributed by atoms with E-state index < -0.39 is 0 Å². The highest BCUT2D eigenvalue weighted by Gasteiger charge is 2.01. The van der Waals surface area contributed by atoms with E-state index in [4.69, 9.17) is 11.6 Å². The number of allylic oxidation sites excluding steroid dienone is 1. The van der Waals surface area contributed by atoms with Crippen molar-refractivity contribution in [3.05, 3.63) is 48.3 Å². The highest BCUT2D eigenvalue weighted by atomic mass is 35.5. The van der Waals surface area contributed by atoms with E-state index in [1.54, 1.807) is 0 Å². The fourth-order valence-electron chi connectivity index (χ4n) is 0.994. The number of halogens is 1. The van der Waals surface area contributed by atoms with Crippen LogP contribution in [0, 0.1) is 0 Å². The quantitative estimate of drug-likeness (QED) is 0.629. The molecule has 0 spiro atoms. The molecule has 1 aromatic heterocycles. The molecule has 12 heavy (non-hydrogen) atoms. The fourth-order valence-corrected chi connectivity index (χ4v) is 1.07. The van der Waals surface area contributed by atoms with Crippen LogP contribution >= 0.6 is 11.6 Å². The Kier molecular flexibility index (Phi) is 3.55. The second-order valence-corrected chi connectivity index (χ2v) is 2.60. The molecular weight excluding hydrogens is 170 g/mol. The molecule has 0 fully saturated rings. The maximum Gasteiger partial charge on any atom is 0.204 e. The summed E-state index contributed by atoms with van der Waals surface area (Å²) in [7, 11) is 0. The zero-order valence-corrected chi connectivity index (χ0v) is 7.54. The largest absolute Gasteiger partial charge is 0.204 e. The smallest absolute Gasteiger partial charge is 0.195 e. The molecule has 2 heteroatoms. The van der Waals surface area contributed by atoms with Crippen LogP contribution in [0.3, 0.4) is 0 Å². The number of hydrogen-bond acceptors (Lipinski definition) is 0. The lowest BCUT2D eigenvalue weighted by atomic mass is 10.3. The van der Waals surface area contributed by atoms with Crippen molar-refractivity contribution in [2.75, 3.05) is 0 Å². The molecule has 0 aromatic carbocycles. The maximum atomic E-state index is 5.43. The highest BCUT2D eigenvalue weighted by Crippen LogP contribution is 1.92. The van der Waals surface area contributed by atoms with E-state index in [-0.39, 0.29) is 0 Å². The van der Waals surface area contributed by atoms with E-state index in [2.05, 4.69) is 11.1 Å². The summed E-state index contributed by atoms with van der Waals surface area (Å²) in [5.74, 6) is 0. The lowest BCUT2D eigenvalue weighted by Crippen LogP contribution is -2.35. The SMILES string of the molecule is C=Cc1cccc[n+]1C/C=C/Cl. The van der Waals surface area contributed by atoms with Crippen molar-refractivity contribution < 1.29 is 4.57 Å². The molecule has 1 aromatic rings. The lowest BCUT2D eigenvalue weighted by Gasteiger charge is -1.94. The topological polar surface area (TPSA) is 3.88 Å². The van der Waals surface area contributed by atoms with Crippen molar-refractivity contribution >= 4 is 17.7 Å². The van der Waals surface area contributed by atoms with Crippen molar-refractivity contribution in [2.24, 2.45) is 0 Å². The summed E-state index contributed by atoms with van der Waals surface area (Å²) in [6, 6.07) is 5.97. The Bertz CT molecular complexity index is 292. The third-order valence-electron chi connectivity index (χ3n) is 1.58. The number of pyridine rings is 1. The van der Waals surface area contributed by atoms with E-state index >= 15 is 0 Å². The zero-order valence-electron chi connectivity index (χ0n) is 6.78. The third-order valence-corrected chi connectivity index (χ3v) is 1.75. The van der Waals surface area contributed by atoms with E-state index in [9.17, 15) is 0 Å². The maximum absolute atomic E-state index is 5.43. The number of rotatable bonds is 3. The van der Waals surface area contributed by atoms with Gasteiger partial charge in [-0.2, -0.15) is 4.57 Å². The Hall–Kier alpha value is -1.08. The van der Waals surface area contributed by atoms with Crippen LogP contribution in [-0.2, 0) is 6.54 Å². The molecule has 0 aliphatic heterocycles. The van der Waals surface area contributed by atoms with Gasteiger partial charge in [0.1, 0.15) is 0 Å². The average molecular weight is 181 g/mol. The van der Waals surface area contributed by atoms with Gasteiger partial charge in [-0.3, -0.25) is 0 Å². The van der Waals surface area contributed by atoms with Gasteiger partial charge in [0.2, 0.25) is 5.69 Å². The highest BCUT2D eigenvalue weighted by molar-refractivity contribution is 6.25. The van der Waals surface area contributed by atoms with Gasteiger partial charge in [0.25, 0.3) is 0 Å². The van der Waals surface area contributed by atoms with Gasteiger partial charge in [-0.05, 0) is 12.1 Å². The van der Waals surface area contributed by atoms with Gasteiger partial charge >= 0.3 is 0 Å². The molecule has 0 aliphatic carbocycles. The van der Waals surface area contributed by atoms with Crippen LogP contribution in [0.1, 0.15) is 5.69 Å². The molecule has 0 aliphatic rings. The van der Waals surface area contributed by atoms with Gasteiger partial charge in [-0.25, -0.2) is 0 Å². The summed E-state index contributed by atoms with van der Waals surface area (Å²) in [6.07, 6.45) is 5.70. The summed E-state index contributed by atoms with van der Waals surface area (Å²) in [5, 5.41) is 0. The van der Waals surface area contributed by atoms with Crippen molar-refractivity contribution in [3.8, 4) is 0 Å². The molecule has 0 unspecified atom stereocenters. The summed E-state index contributed by atoms with van der Waals surface area (Å²) >= 11 is 5.43. The Morgan fingerprint density at radius 2 is 2.33 bits per heavy atom.